The summed E-state index contributed by atoms with van der Waals surface area (Å²) in [4.78, 5) is 10.9. The number of nitrogen functional groups attached to an aromatic ring is 1. The van der Waals surface area contributed by atoms with Gasteiger partial charge in [0.25, 0.3) is 0 Å². The normalized spacial score (nSPS) is 11.0. The molecule has 0 aliphatic carbocycles. The second kappa shape index (κ2) is 10.8. The molecule has 0 amide bonds. The first-order valence-electron chi connectivity index (χ1n) is 10.9. The van der Waals surface area contributed by atoms with Crippen molar-refractivity contribution in [3.63, 3.8) is 0 Å². The highest BCUT2D eigenvalue weighted by molar-refractivity contribution is 5.75. The predicted molar refractivity (Wildman–Crippen MR) is 129 cm³/mol. The van der Waals surface area contributed by atoms with Gasteiger partial charge in [0.05, 0.1) is 11.4 Å². The molecule has 0 bridgehead atoms. The fraction of sp³-hybridized carbons (Fsp3) is 0.333. The Kier molecular flexibility index (Phi) is 7.83. The van der Waals surface area contributed by atoms with Crippen LogP contribution < -0.4 is 16.4 Å². The van der Waals surface area contributed by atoms with E-state index >= 15 is 0 Å². The lowest BCUT2D eigenvalue weighted by molar-refractivity contribution is 0.303. The van der Waals surface area contributed by atoms with Crippen LogP contribution in [0.2, 0.25) is 0 Å². The van der Waals surface area contributed by atoms with E-state index in [9.17, 15) is 9.50 Å². The van der Waals surface area contributed by atoms with E-state index in [1.54, 1.807) is 30.3 Å². The van der Waals surface area contributed by atoms with Crippen molar-refractivity contribution in [2.75, 3.05) is 42.5 Å². The third-order valence-electron chi connectivity index (χ3n) is 5.27. The van der Waals surface area contributed by atoms with Crippen molar-refractivity contribution in [3.05, 3.63) is 53.8 Å². The number of hydrogen-bond acceptors (Lipinski definition) is 7. The van der Waals surface area contributed by atoms with E-state index in [1.165, 1.54) is 6.07 Å². The maximum atomic E-state index is 14.2. The molecule has 0 unspecified atom stereocenters. The van der Waals surface area contributed by atoms with Gasteiger partial charge in [0.1, 0.15) is 17.4 Å². The fourth-order valence-corrected chi connectivity index (χ4v) is 3.45. The van der Waals surface area contributed by atoms with E-state index < -0.39 is 0 Å². The standard InChI is InChI=1S/C24H31FN6O/c1-4-31(5-2)12-6-11-27-23-15-21(29-24(26)30-23)18-14-17(8-10-22(18)32)28-20-9-7-16(3)13-19(20)25/h7-10,13-15,28,32H,4-6,11-12H2,1-3H3,(H3,26,27,29,30). The molecule has 0 aliphatic rings. The topological polar surface area (TPSA) is 99.3 Å². The molecule has 3 rings (SSSR count). The van der Waals surface area contributed by atoms with Crippen molar-refractivity contribution < 1.29 is 9.50 Å². The highest BCUT2D eigenvalue weighted by Crippen LogP contribution is 2.33. The van der Waals surface area contributed by atoms with Gasteiger partial charge in [-0.1, -0.05) is 19.9 Å². The second-order valence-corrected chi connectivity index (χ2v) is 7.64. The number of rotatable bonds is 10. The Balaban J connectivity index is 1.77. The van der Waals surface area contributed by atoms with E-state index in [-0.39, 0.29) is 17.5 Å². The molecule has 0 saturated heterocycles. The molecule has 0 radical (unpaired) electrons. The summed E-state index contributed by atoms with van der Waals surface area (Å²) in [5, 5.41) is 16.8. The summed E-state index contributed by atoms with van der Waals surface area (Å²) in [6.07, 6.45) is 0.966. The lowest BCUT2D eigenvalue weighted by Gasteiger charge is -2.18. The number of aromatic nitrogens is 2. The molecule has 2 aromatic carbocycles. The maximum Gasteiger partial charge on any atom is 0.222 e. The number of anilines is 4. The number of benzene rings is 2. The maximum absolute atomic E-state index is 14.2. The van der Waals surface area contributed by atoms with Crippen LogP contribution in [0.5, 0.6) is 5.75 Å². The number of hydrogen-bond donors (Lipinski definition) is 4. The molecule has 0 saturated carbocycles. The van der Waals surface area contributed by atoms with Gasteiger partial charge >= 0.3 is 0 Å². The van der Waals surface area contributed by atoms with Crippen molar-refractivity contribution in [1.82, 2.24) is 14.9 Å². The molecule has 0 aliphatic heterocycles. The molecular weight excluding hydrogens is 407 g/mol. The van der Waals surface area contributed by atoms with Crippen molar-refractivity contribution in [1.29, 1.82) is 0 Å². The Morgan fingerprint density at radius 3 is 2.56 bits per heavy atom. The monoisotopic (exact) mass is 438 g/mol. The molecule has 8 heteroatoms. The van der Waals surface area contributed by atoms with Gasteiger partial charge in [-0.2, -0.15) is 4.98 Å². The first-order chi connectivity index (χ1) is 15.4. The smallest absolute Gasteiger partial charge is 0.222 e. The van der Waals surface area contributed by atoms with Crippen LogP contribution in [-0.4, -0.2) is 46.2 Å². The molecule has 1 aromatic heterocycles. The average Bonchev–Trinajstić information content (AvgIpc) is 2.76. The Hall–Kier alpha value is -3.39. The fourth-order valence-electron chi connectivity index (χ4n) is 3.45. The zero-order valence-electron chi connectivity index (χ0n) is 18.8. The van der Waals surface area contributed by atoms with Crippen molar-refractivity contribution in [3.8, 4) is 17.0 Å². The number of phenolic OH excluding ortho intramolecular Hbond substituents is 1. The molecule has 32 heavy (non-hydrogen) atoms. The van der Waals surface area contributed by atoms with Crippen LogP contribution in [0.15, 0.2) is 42.5 Å². The predicted octanol–water partition coefficient (Wildman–Crippen LogP) is 4.77. The van der Waals surface area contributed by atoms with E-state index in [2.05, 4.69) is 39.3 Å². The molecule has 0 atom stereocenters. The summed E-state index contributed by atoms with van der Waals surface area (Å²) in [5.41, 5.74) is 8.69. The summed E-state index contributed by atoms with van der Waals surface area (Å²) >= 11 is 0. The summed E-state index contributed by atoms with van der Waals surface area (Å²) in [6.45, 7) is 9.92. The molecule has 0 spiro atoms. The van der Waals surface area contributed by atoms with E-state index in [0.29, 0.717) is 28.5 Å². The summed E-state index contributed by atoms with van der Waals surface area (Å²) in [6, 6.07) is 11.6. The molecule has 5 N–H and O–H groups in total. The minimum atomic E-state index is -0.345. The van der Waals surface area contributed by atoms with Crippen LogP contribution in [0.1, 0.15) is 25.8 Å². The summed E-state index contributed by atoms with van der Waals surface area (Å²) in [5.74, 6) is 0.401. The zero-order valence-corrected chi connectivity index (χ0v) is 18.8. The number of nitrogens with two attached hydrogens (primary N) is 1. The molecule has 1 heterocycles. The molecule has 170 valence electrons. The quantitative estimate of drug-likeness (QED) is 0.267. The van der Waals surface area contributed by atoms with Gasteiger partial charge in [0.15, 0.2) is 0 Å². The Morgan fingerprint density at radius 1 is 1.06 bits per heavy atom. The van der Waals surface area contributed by atoms with Crippen LogP contribution in [0.3, 0.4) is 0 Å². The number of aryl methyl sites for hydroxylation is 1. The van der Waals surface area contributed by atoms with Crippen LogP contribution in [-0.2, 0) is 0 Å². The molecular formula is C24H31FN6O. The minimum Gasteiger partial charge on any atom is -0.507 e. The van der Waals surface area contributed by atoms with Gasteiger partial charge in [-0.25, -0.2) is 9.37 Å². The SMILES string of the molecule is CCN(CC)CCCNc1cc(-c2cc(Nc3ccc(C)cc3F)ccc2O)nc(N)n1. The third kappa shape index (κ3) is 6.07. The number of nitrogens with one attached hydrogen (secondary N) is 2. The molecule has 3 aromatic rings. The zero-order chi connectivity index (χ0) is 23.1. The molecule has 7 nitrogen and oxygen atoms in total. The van der Waals surface area contributed by atoms with Gasteiger partial charge in [-0.15, -0.1) is 0 Å². The number of nitrogens with zero attached hydrogens (tertiary/aromatic N) is 3. The second-order valence-electron chi connectivity index (χ2n) is 7.64. The average molecular weight is 439 g/mol. The van der Waals surface area contributed by atoms with Crippen LogP contribution >= 0.6 is 0 Å². The van der Waals surface area contributed by atoms with Gasteiger partial charge in [-0.3, -0.25) is 0 Å². The molecule has 0 fully saturated rings. The van der Waals surface area contributed by atoms with Gasteiger partial charge in [-0.05, 0) is 68.9 Å². The van der Waals surface area contributed by atoms with E-state index in [0.717, 1.165) is 38.2 Å². The largest absolute Gasteiger partial charge is 0.507 e. The van der Waals surface area contributed by atoms with Crippen LogP contribution in [0.25, 0.3) is 11.3 Å². The van der Waals surface area contributed by atoms with Crippen molar-refractivity contribution in [2.24, 2.45) is 0 Å². The Bertz CT molecular complexity index is 1050. The Morgan fingerprint density at radius 2 is 1.84 bits per heavy atom. The van der Waals surface area contributed by atoms with Gasteiger partial charge in [0.2, 0.25) is 5.95 Å². The van der Waals surface area contributed by atoms with E-state index in [1.807, 2.05) is 13.0 Å². The number of phenols is 1. The van der Waals surface area contributed by atoms with Crippen LogP contribution in [0.4, 0.5) is 27.5 Å². The lowest BCUT2D eigenvalue weighted by atomic mass is 10.1. The number of aromatic hydroxyl groups is 1. The van der Waals surface area contributed by atoms with Gasteiger partial charge in [0, 0.05) is 23.9 Å². The number of halogens is 1. The first kappa shape index (κ1) is 23.3. The third-order valence-corrected chi connectivity index (χ3v) is 5.27. The summed E-state index contributed by atoms with van der Waals surface area (Å²) in [7, 11) is 0. The van der Waals surface area contributed by atoms with Crippen molar-refractivity contribution in [2.45, 2.75) is 27.2 Å². The van der Waals surface area contributed by atoms with Gasteiger partial charge < -0.3 is 26.4 Å². The highest BCUT2D eigenvalue weighted by atomic mass is 19.1. The van der Waals surface area contributed by atoms with Crippen LogP contribution in [0, 0.1) is 12.7 Å². The highest BCUT2D eigenvalue weighted by Gasteiger charge is 2.12. The minimum absolute atomic E-state index is 0.0468. The summed E-state index contributed by atoms with van der Waals surface area (Å²) < 4.78 is 14.2. The first-order valence-corrected chi connectivity index (χ1v) is 10.9. The lowest BCUT2D eigenvalue weighted by Crippen LogP contribution is -2.25. The van der Waals surface area contributed by atoms with Crippen molar-refractivity contribution >= 4 is 23.1 Å². The van der Waals surface area contributed by atoms with E-state index in [4.69, 9.17) is 5.73 Å². The Labute approximate surface area is 188 Å².